The molecular weight excluding hydrogens is 449 g/mol. The third kappa shape index (κ3) is 5.39. The molecule has 0 saturated heterocycles. The molecule has 0 spiro atoms. The molecule has 4 aromatic rings. The van der Waals surface area contributed by atoms with Gasteiger partial charge < -0.3 is 5.11 Å². The molecule has 1 heterocycles. The van der Waals surface area contributed by atoms with Crippen LogP contribution < -0.4 is 0 Å². The van der Waals surface area contributed by atoms with Gasteiger partial charge in [-0.05, 0) is 59.9 Å². The van der Waals surface area contributed by atoms with E-state index < -0.39 is 17.7 Å². The number of nitrogens with one attached hydrogen (secondary N) is 1. The highest BCUT2D eigenvalue weighted by Gasteiger charge is 2.31. The van der Waals surface area contributed by atoms with Crippen LogP contribution in [0.25, 0.3) is 10.9 Å². The minimum absolute atomic E-state index is 0.0460. The first-order valence-corrected chi connectivity index (χ1v) is 11.2. The summed E-state index contributed by atoms with van der Waals surface area (Å²) in [5.41, 5.74) is 3.41. The quantitative estimate of drug-likeness (QED) is 0.292. The van der Waals surface area contributed by atoms with Crippen LogP contribution in [0.2, 0.25) is 0 Å². The lowest BCUT2D eigenvalue weighted by Gasteiger charge is -2.20. The Kier molecular flexibility index (Phi) is 6.47. The van der Waals surface area contributed by atoms with Gasteiger partial charge in [-0.2, -0.15) is 18.3 Å². The van der Waals surface area contributed by atoms with E-state index in [0.717, 1.165) is 38.6 Å². The number of fused-ring (bicyclic) bond motifs is 1. The number of aryl methyl sites for hydroxylation is 2. The van der Waals surface area contributed by atoms with E-state index in [0.29, 0.717) is 12.0 Å². The highest BCUT2D eigenvalue weighted by molar-refractivity contribution is 7.99. The molecule has 0 radical (unpaired) electrons. The van der Waals surface area contributed by atoms with Crippen molar-refractivity contribution in [1.82, 2.24) is 10.2 Å². The number of benzene rings is 3. The van der Waals surface area contributed by atoms with E-state index in [-0.39, 0.29) is 11.7 Å². The van der Waals surface area contributed by atoms with Gasteiger partial charge in [0.15, 0.2) is 0 Å². The average molecular weight is 471 g/mol. The van der Waals surface area contributed by atoms with Crippen LogP contribution in [0.4, 0.5) is 13.2 Å². The Bertz CT molecular complexity index is 1300. The van der Waals surface area contributed by atoms with E-state index in [1.54, 1.807) is 12.3 Å². The van der Waals surface area contributed by atoms with Gasteiger partial charge >= 0.3 is 12.1 Å². The first-order chi connectivity index (χ1) is 15.7. The zero-order valence-corrected chi connectivity index (χ0v) is 18.5. The van der Waals surface area contributed by atoms with Gasteiger partial charge in [-0.15, -0.1) is 11.8 Å². The second kappa shape index (κ2) is 9.31. The van der Waals surface area contributed by atoms with Crippen molar-refractivity contribution in [1.29, 1.82) is 0 Å². The van der Waals surface area contributed by atoms with Crippen molar-refractivity contribution in [3.63, 3.8) is 0 Å². The van der Waals surface area contributed by atoms with Crippen LogP contribution in [0.1, 0.15) is 39.5 Å². The number of aromatic amines is 1. The summed E-state index contributed by atoms with van der Waals surface area (Å²) in [5.74, 6) is -0.855. The SMILES string of the molecule is Cc1cc(SC(c2cccc(C(F)(F)F)c2)c2ccc3cn[nH]c3c2)ccc1CCC(=O)O. The molecule has 0 aliphatic heterocycles. The van der Waals surface area contributed by atoms with Crippen molar-refractivity contribution < 1.29 is 23.1 Å². The number of thioether (sulfide) groups is 1. The zero-order chi connectivity index (χ0) is 23.6. The third-order valence-corrected chi connectivity index (χ3v) is 6.77. The number of halogens is 3. The molecule has 0 fully saturated rings. The molecule has 1 aromatic heterocycles. The number of hydrogen-bond donors (Lipinski definition) is 2. The van der Waals surface area contributed by atoms with Gasteiger partial charge in [0.2, 0.25) is 0 Å². The Labute approximate surface area is 192 Å². The Morgan fingerprint density at radius 3 is 2.61 bits per heavy atom. The fourth-order valence-corrected chi connectivity index (χ4v) is 4.95. The Balaban J connectivity index is 1.72. The van der Waals surface area contributed by atoms with Crippen LogP contribution in [0.5, 0.6) is 0 Å². The monoisotopic (exact) mass is 470 g/mol. The predicted molar refractivity (Wildman–Crippen MR) is 122 cm³/mol. The molecule has 4 nitrogen and oxygen atoms in total. The number of carboxylic acid groups (broad SMARTS) is 1. The van der Waals surface area contributed by atoms with Crippen molar-refractivity contribution >= 4 is 28.6 Å². The van der Waals surface area contributed by atoms with Gasteiger partial charge in [-0.3, -0.25) is 9.89 Å². The van der Waals surface area contributed by atoms with Crippen molar-refractivity contribution in [2.24, 2.45) is 0 Å². The molecule has 1 unspecified atom stereocenters. The van der Waals surface area contributed by atoms with E-state index in [1.807, 2.05) is 43.3 Å². The van der Waals surface area contributed by atoms with Gasteiger partial charge in [0.25, 0.3) is 0 Å². The van der Waals surface area contributed by atoms with Gasteiger partial charge in [-0.25, -0.2) is 0 Å². The van der Waals surface area contributed by atoms with Gasteiger partial charge in [0.1, 0.15) is 0 Å². The molecule has 0 aliphatic carbocycles. The van der Waals surface area contributed by atoms with Crippen LogP contribution in [-0.4, -0.2) is 21.3 Å². The van der Waals surface area contributed by atoms with Gasteiger partial charge in [-0.1, -0.05) is 36.4 Å². The number of hydrogen-bond acceptors (Lipinski definition) is 3. The standard InChI is InChI=1S/C25H21F3N2O2S/c1-15-11-21(9-7-16(15)8-10-23(31)32)33-24(17-3-2-4-20(12-17)25(26,27)28)18-5-6-19-14-29-30-22(19)13-18/h2-7,9,11-14,24H,8,10H2,1H3,(H,29,30)(H,31,32). The molecular formula is C25H21F3N2O2S. The number of H-pyrrole nitrogens is 1. The maximum Gasteiger partial charge on any atom is 0.416 e. The first-order valence-electron chi connectivity index (χ1n) is 10.3. The van der Waals surface area contributed by atoms with Crippen molar-refractivity contribution in [2.75, 3.05) is 0 Å². The van der Waals surface area contributed by atoms with E-state index >= 15 is 0 Å². The molecule has 4 rings (SSSR count). The number of aromatic nitrogens is 2. The summed E-state index contributed by atoms with van der Waals surface area (Å²) in [6.07, 6.45) is -2.25. The summed E-state index contributed by atoms with van der Waals surface area (Å²) < 4.78 is 40.2. The largest absolute Gasteiger partial charge is 0.481 e. The van der Waals surface area contributed by atoms with Crippen molar-refractivity contribution in [3.05, 3.63) is 94.7 Å². The summed E-state index contributed by atoms with van der Waals surface area (Å²) >= 11 is 1.45. The number of aliphatic carboxylic acids is 1. The molecule has 0 amide bonds. The lowest BCUT2D eigenvalue weighted by atomic mass is 10.0. The van der Waals surface area contributed by atoms with Crippen molar-refractivity contribution in [3.8, 4) is 0 Å². The molecule has 8 heteroatoms. The second-order valence-electron chi connectivity index (χ2n) is 7.82. The minimum Gasteiger partial charge on any atom is -0.481 e. The lowest BCUT2D eigenvalue weighted by molar-refractivity contribution is -0.138. The van der Waals surface area contributed by atoms with Gasteiger partial charge in [0, 0.05) is 16.7 Å². The van der Waals surface area contributed by atoms with Crippen LogP contribution in [0.3, 0.4) is 0 Å². The molecule has 1 atom stereocenters. The number of alkyl halides is 3. The Hall–Kier alpha value is -3.26. The lowest BCUT2D eigenvalue weighted by Crippen LogP contribution is -2.06. The number of rotatable bonds is 7. The van der Waals surface area contributed by atoms with Crippen LogP contribution >= 0.6 is 11.8 Å². The Morgan fingerprint density at radius 2 is 1.88 bits per heavy atom. The zero-order valence-electron chi connectivity index (χ0n) is 17.7. The van der Waals surface area contributed by atoms with E-state index in [9.17, 15) is 18.0 Å². The summed E-state index contributed by atoms with van der Waals surface area (Å²) in [6, 6.07) is 16.9. The fraction of sp³-hybridized carbons (Fsp3) is 0.200. The predicted octanol–water partition coefficient (Wildman–Crippen LogP) is 6.79. The number of carbonyl (C=O) groups is 1. The normalized spacial score (nSPS) is 12.7. The summed E-state index contributed by atoms with van der Waals surface area (Å²) in [5, 5.41) is 16.4. The molecule has 0 aliphatic rings. The van der Waals surface area contributed by atoms with Crippen molar-refractivity contribution in [2.45, 2.75) is 36.1 Å². The maximum absolute atomic E-state index is 13.4. The molecule has 0 saturated carbocycles. The maximum atomic E-state index is 13.4. The fourth-order valence-electron chi connectivity index (χ4n) is 3.72. The average Bonchev–Trinajstić information content (AvgIpc) is 3.24. The topological polar surface area (TPSA) is 66.0 Å². The smallest absolute Gasteiger partial charge is 0.416 e. The van der Waals surface area contributed by atoms with E-state index in [4.69, 9.17) is 5.11 Å². The third-order valence-electron chi connectivity index (χ3n) is 5.46. The summed E-state index contributed by atoms with van der Waals surface area (Å²) in [4.78, 5) is 11.8. The number of nitrogens with zero attached hydrogens (tertiary/aromatic N) is 1. The number of carboxylic acids is 1. The van der Waals surface area contributed by atoms with Crippen LogP contribution in [0, 0.1) is 6.92 Å². The van der Waals surface area contributed by atoms with E-state index in [1.165, 1.54) is 23.9 Å². The summed E-state index contributed by atoms with van der Waals surface area (Å²) in [6.45, 7) is 1.91. The van der Waals surface area contributed by atoms with Crippen LogP contribution in [-0.2, 0) is 17.4 Å². The highest BCUT2D eigenvalue weighted by atomic mass is 32.2. The minimum atomic E-state index is -4.43. The molecule has 0 bridgehead atoms. The second-order valence-corrected chi connectivity index (χ2v) is 9.00. The Morgan fingerprint density at radius 1 is 1.09 bits per heavy atom. The molecule has 2 N–H and O–H groups in total. The molecule has 170 valence electrons. The molecule has 3 aromatic carbocycles. The van der Waals surface area contributed by atoms with E-state index in [2.05, 4.69) is 10.2 Å². The van der Waals surface area contributed by atoms with Crippen LogP contribution in [0.15, 0.2) is 71.8 Å². The highest BCUT2D eigenvalue weighted by Crippen LogP contribution is 2.43. The summed E-state index contributed by atoms with van der Waals surface area (Å²) in [7, 11) is 0. The first kappa shape index (κ1) is 22.9. The van der Waals surface area contributed by atoms with Gasteiger partial charge in [0.05, 0.1) is 22.5 Å². The molecule has 33 heavy (non-hydrogen) atoms.